The van der Waals surface area contributed by atoms with Crippen LogP contribution in [0.3, 0.4) is 0 Å². The van der Waals surface area contributed by atoms with E-state index in [2.05, 4.69) is 20.2 Å². The van der Waals surface area contributed by atoms with Crippen LogP contribution in [0.25, 0.3) is 0 Å². The lowest BCUT2D eigenvalue weighted by molar-refractivity contribution is 0.0782. The Morgan fingerprint density at radius 2 is 2.16 bits per heavy atom. The number of carbonyl (C=O) groups excluding carboxylic acids is 1. The summed E-state index contributed by atoms with van der Waals surface area (Å²) in [7, 11) is 4.10. The molecule has 1 amide bonds. The fraction of sp³-hybridized carbons (Fsp3) is 0.615. The molecule has 0 aromatic carbocycles. The van der Waals surface area contributed by atoms with E-state index in [0.717, 1.165) is 26.1 Å². The molecule has 1 aliphatic rings. The Kier molecular flexibility index (Phi) is 4.31. The lowest BCUT2D eigenvalue weighted by atomic mass is 10.2. The Labute approximate surface area is 113 Å². The first-order valence-electron chi connectivity index (χ1n) is 6.63. The van der Waals surface area contributed by atoms with Crippen molar-refractivity contribution in [3.8, 4) is 0 Å². The zero-order chi connectivity index (χ0) is 13.8. The number of hydrogen-bond acceptors (Lipinski definition) is 5. The molecule has 0 bridgehead atoms. The summed E-state index contributed by atoms with van der Waals surface area (Å²) in [5, 5.41) is 3.01. The summed E-state index contributed by atoms with van der Waals surface area (Å²) in [6.45, 7) is 4.33. The highest BCUT2D eigenvalue weighted by Crippen LogP contribution is 2.16. The van der Waals surface area contributed by atoms with Gasteiger partial charge in [-0.25, -0.2) is 9.97 Å². The van der Waals surface area contributed by atoms with Gasteiger partial charge in [0.25, 0.3) is 5.91 Å². The van der Waals surface area contributed by atoms with Crippen LogP contribution < -0.4 is 5.32 Å². The quantitative estimate of drug-likeness (QED) is 0.866. The molecule has 1 aliphatic heterocycles. The molecule has 1 fully saturated rings. The van der Waals surface area contributed by atoms with Gasteiger partial charge in [0.1, 0.15) is 0 Å². The van der Waals surface area contributed by atoms with Gasteiger partial charge in [-0.1, -0.05) is 0 Å². The number of amides is 1. The Morgan fingerprint density at radius 1 is 1.47 bits per heavy atom. The zero-order valence-electron chi connectivity index (χ0n) is 11.8. The topological polar surface area (TPSA) is 61.4 Å². The summed E-state index contributed by atoms with van der Waals surface area (Å²) < 4.78 is 0. The standard InChI is InChI=1S/C13H21N5O/c1-4-14-13-15-7-10(8-16-13)12(19)18-6-5-11(9-18)17(2)3/h7-8,11H,4-6,9H2,1-3H3,(H,14,15,16)/t11-/m1/s1. The van der Waals surface area contributed by atoms with Crippen molar-refractivity contribution >= 4 is 11.9 Å². The van der Waals surface area contributed by atoms with Gasteiger partial charge in [-0.05, 0) is 27.4 Å². The SMILES string of the molecule is CCNc1ncc(C(=O)N2CC[C@@H](N(C)C)C2)cn1. The average Bonchev–Trinajstić information content (AvgIpc) is 2.89. The minimum absolute atomic E-state index is 0.0207. The van der Waals surface area contributed by atoms with Crippen molar-refractivity contribution in [3.05, 3.63) is 18.0 Å². The summed E-state index contributed by atoms with van der Waals surface area (Å²) in [6.07, 6.45) is 4.21. The number of rotatable bonds is 4. The van der Waals surface area contributed by atoms with Crippen LogP contribution in [-0.4, -0.2) is 65.4 Å². The molecule has 2 rings (SSSR count). The average molecular weight is 263 g/mol. The molecule has 1 aromatic heterocycles. The summed E-state index contributed by atoms with van der Waals surface area (Å²) in [6, 6.07) is 0.450. The van der Waals surface area contributed by atoms with Crippen molar-refractivity contribution in [3.63, 3.8) is 0 Å². The monoisotopic (exact) mass is 263 g/mol. The lowest BCUT2D eigenvalue weighted by Gasteiger charge is -2.20. The maximum absolute atomic E-state index is 12.3. The third-order valence-corrected chi connectivity index (χ3v) is 3.41. The molecule has 0 saturated carbocycles. The lowest BCUT2D eigenvalue weighted by Crippen LogP contribution is -2.34. The van der Waals surface area contributed by atoms with E-state index in [0.29, 0.717) is 17.6 Å². The minimum atomic E-state index is 0.0207. The number of nitrogens with one attached hydrogen (secondary N) is 1. The highest BCUT2D eigenvalue weighted by atomic mass is 16.2. The highest BCUT2D eigenvalue weighted by molar-refractivity contribution is 5.93. The summed E-state index contributed by atoms with van der Waals surface area (Å²) >= 11 is 0. The number of carbonyl (C=O) groups is 1. The van der Waals surface area contributed by atoms with Crippen LogP contribution in [0.1, 0.15) is 23.7 Å². The fourth-order valence-corrected chi connectivity index (χ4v) is 2.22. The molecule has 1 N–H and O–H groups in total. The first kappa shape index (κ1) is 13.7. The molecule has 1 saturated heterocycles. The molecule has 1 aromatic rings. The van der Waals surface area contributed by atoms with Crippen molar-refractivity contribution in [2.45, 2.75) is 19.4 Å². The Balaban J connectivity index is 2.00. The summed E-state index contributed by atoms with van der Waals surface area (Å²) in [5.74, 6) is 0.582. The molecule has 104 valence electrons. The van der Waals surface area contributed by atoms with E-state index in [9.17, 15) is 4.79 Å². The van der Waals surface area contributed by atoms with Gasteiger partial charge in [0.15, 0.2) is 0 Å². The predicted octanol–water partition coefficient (Wildman–Crippen LogP) is 0.684. The van der Waals surface area contributed by atoms with E-state index in [-0.39, 0.29) is 5.91 Å². The third-order valence-electron chi connectivity index (χ3n) is 3.41. The van der Waals surface area contributed by atoms with Crippen LogP contribution in [0.4, 0.5) is 5.95 Å². The first-order chi connectivity index (χ1) is 9.11. The van der Waals surface area contributed by atoms with Gasteiger partial charge in [0.2, 0.25) is 5.95 Å². The second kappa shape index (κ2) is 5.97. The van der Waals surface area contributed by atoms with Crippen molar-refractivity contribution in [1.29, 1.82) is 0 Å². The van der Waals surface area contributed by atoms with Crippen LogP contribution in [0, 0.1) is 0 Å². The molecule has 1 atom stereocenters. The number of likely N-dealkylation sites (tertiary alicyclic amines) is 1. The van der Waals surface area contributed by atoms with Crippen molar-refractivity contribution in [2.24, 2.45) is 0 Å². The van der Waals surface area contributed by atoms with Gasteiger partial charge in [0, 0.05) is 38.1 Å². The molecule has 19 heavy (non-hydrogen) atoms. The molecular weight excluding hydrogens is 242 g/mol. The number of aromatic nitrogens is 2. The van der Waals surface area contributed by atoms with E-state index in [1.807, 2.05) is 25.9 Å². The minimum Gasteiger partial charge on any atom is -0.355 e. The molecule has 0 unspecified atom stereocenters. The highest BCUT2D eigenvalue weighted by Gasteiger charge is 2.28. The number of nitrogens with zero attached hydrogens (tertiary/aromatic N) is 4. The van der Waals surface area contributed by atoms with Crippen LogP contribution in [0.2, 0.25) is 0 Å². The molecule has 0 spiro atoms. The van der Waals surface area contributed by atoms with Crippen LogP contribution in [0.15, 0.2) is 12.4 Å². The van der Waals surface area contributed by atoms with Gasteiger partial charge < -0.3 is 15.1 Å². The normalized spacial score (nSPS) is 18.9. The van der Waals surface area contributed by atoms with Crippen LogP contribution in [0.5, 0.6) is 0 Å². The third kappa shape index (κ3) is 3.20. The maximum Gasteiger partial charge on any atom is 0.257 e. The van der Waals surface area contributed by atoms with E-state index in [1.54, 1.807) is 12.4 Å². The Bertz CT molecular complexity index is 431. The summed E-state index contributed by atoms with van der Waals surface area (Å²) in [4.78, 5) is 24.6. The first-order valence-corrected chi connectivity index (χ1v) is 6.63. The predicted molar refractivity (Wildman–Crippen MR) is 74.2 cm³/mol. The fourth-order valence-electron chi connectivity index (χ4n) is 2.22. The van der Waals surface area contributed by atoms with E-state index >= 15 is 0 Å². The Morgan fingerprint density at radius 3 is 2.68 bits per heavy atom. The zero-order valence-corrected chi connectivity index (χ0v) is 11.8. The van der Waals surface area contributed by atoms with E-state index in [1.165, 1.54) is 0 Å². The van der Waals surface area contributed by atoms with Crippen LogP contribution in [-0.2, 0) is 0 Å². The van der Waals surface area contributed by atoms with Crippen molar-refractivity contribution in [2.75, 3.05) is 39.0 Å². The van der Waals surface area contributed by atoms with Gasteiger partial charge in [-0.3, -0.25) is 4.79 Å². The second-order valence-corrected chi connectivity index (χ2v) is 4.98. The van der Waals surface area contributed by atoms with Gasteiger partial charge in [-0.2, -0.15) is 0 Å². The number of hydrogen-bond donors (Lipinski definition) is 1. The van der Waals surface area contributed by atoms with Gasteiger partial charge >= 0.3 is 0 Å². The van der Waals surface area contributed by atoms with E-state index < -0.39 is 0 Å². The second-order valence-electron chi connectivity index (χ2n) is 4.98. The summed E-state index contributed by atoms with van der Waals surface area (Å²) in [5.41, 5.74) is 0.557. The number of anilines is 1. The van der Waals surface area contributed by atoms with Crippen LogP contribution >= 0.6 is 0 Å². The maximum atomic E-state index is 12.3. The molecular formula is C13H21N5O. The molecule has 0 aliphatic carbocycles. The van der Waals surface area contributed by atoms with E-state index in [4.69, 9.17) is 0 Å². The smallest absolute Gasteiger partial charge is 0.257 e. The number of likely N-dealkylation sites (N-methyl/N-ethyl adjacent to an activating group) is 1. The molecule has 0 radical (unpaired) electrons. The Hall–Kier alpha value is -1.69. The molecule has 6 nitrogen and oxygen atoms in total. The molecule has 6 heteroatoms. The van der Waals surface area contributed by atoms with Crippen molar-refractivity contribution < 1.29 is 4.79 Å². The largest absolute Gasteiger partial charge is 0.355 e. The van der Waals surface area contributed by atoms with Gasteiger partial charge in [-0.15, -0.1) is 0 Å². The van der Waals surface area contributed by atoms with Gasteiger partial charge in [0.05, 0.1) is 5.56 Å². The molecule has 2 heterocycles. The van der Waals surface area contributed by atoms with Crippen molar-refractivity contribution in [1.82, 2.24) is 19.8 Å².